The Balaban J connectivity index is 1.91. The molecule has 0 amide bonds. The summed E-state index contributed by atoms with van der Waals surface area (Å²) in [5.74, 6) is 0. The number of anilines is 2. The van der Waals surface area contributed by atoms with E-state index in [2.05, 4.69) is 34.0 Å². The van der Waals surface area contributed by atoms with Gasteiger partial charge in [-0.3, -0.25) is 0 Å². The first-order valence-corrected chi connectivity index (χ1v) is 6.80. The van der Waals surface area contributed by atoms with Gasteiger partial charge < -0.3 is 5.32 Å². The van der Waals surface area contributed by atoms with Gasteiger partial charge in [0, 0.05) is 5.69 Å². The SMILES string of the molecule is Cc1nsc(Nc2ccc3c(c2)CCC3)c1C#N. The summed E-state index contributed by atoms with van der Waals surface area (Å²) in [5, 5.41) is 13.2. The molecule has 3 nitrogen and oxygen atoms in total. The zero-order chi connectivity index (χ0) is 12.5. The molecule has 0 saturated carbocycles. The highest BCUT2D eigenvalue weighted by Gasteiger charge is 2.13. The van der Waals surface area contributed by atoms with Crippen LogP contribution in [0.1, 0.15) is 28.8 Å². The number of fused-ring (bicyclic) bond motifs is 1. The van der Waals surface area contributed by atoms with Gasteiger partial charge in [-0.1, -0.05) is 6.07 Å². The minimum Gasteiger partial charge on any atom is -0.345 e. The molecule has 90 valence electrons. The average Bonchev–Trinajstić information content (AvgIpc) is 2.96. The molecule has 0 aliphatic heterocycles. The summed E-state index contributed by atoms with van der Waals surface area (Å²) in [6, 6.07) is 8.66. The molecule has 4 heteroatoms. The van der Waals surface area contributed by atoms with Crippen LogP contribution in [-0.2, 0) is 12.8 Å². The Labute approximate surface area is 110 Å². The first kappa shape index (κ1) is 11.2. The highest BCUT2D eigenvalue weighted by molar-refractivity contribution is 7.10. The van der Waals surface area contributed by atoms with E-state index in [1.165, 1.54) is 35.5 Å². The number of nitrogens with zero attached hydrogens (tertiary/aromatic N) is 2. The van der Waals surface area contributed by atoms with E-state index in [0.717, 1.165) is 22.8 Å². The molecule has 1 aliphatic carbocycles. The molecule has 0 saturated heterocycles. The fourth-order valence-electron chi connectivity index (χ4n) is 2.37. The van der Waals surface area contributed by atoms with Gasteiger partial charge in [-0.15, -0.1) is 0 Å². The normalized spacial score (nSPS) is 13.1. The lowest BCUT2D eigenvalue weighted by Crippen LogP contribution is -1.92. The van der Waals surface area contributed by atoms with Crippen molar-refractivity contribution in [3.8, 4) is 6.07 Å². The summed E-state index contributed by atoms with van der Waals surface area (Å²) in [7, 11) is 0. The van der Waals surface area contributed by atoms with Crippen LogP contribution < -0.4 is 5.32 Å². The van der Waals surface area contributed by atoms with Crippen LogP contribution in [0.2, 0.25) is 0 Å². The van der Waals surface area contributed by atoms with Crippen LogP contribution >= 0.6 is 11.5 Å². The second-order valence-electron chi connectivity index (χ2n) is 4.55. The third kappa shape index (κ3) is 1.87. The molecule has 0 bridgehead atoms. The Morgan fingerprint density at radius 2 is 2.17 bits per heavy atom. The van der Waals surface area contributed by atoms with E-state index in [-0.39, 0.29) is 0 Å². The van der Waals surface area contributed by atoms with Crippen molar-refractivity contribution in [2.75, 3.05) is 5.32 Å². The van der Waals surface area contributed by atoms with Gasteiger partial charge in [0.25, 0.3) is 0 Å². The highest BCUT2D eigenvalue weighted by atomic mass is 32.1. The first-order valence-electron chi connectivity index (χ1n) is 6.03. The van der Waals surface area contributed by atoms with Crippen LogP contribution in [-0.4, -0.2) is 4.37 Å². The minimum absolute atomic E-state index is 0.653. The zero-order valence-corrected chi connectivity index (χ0v) is 11.0. The molecule has 1 heterocycles. The third-order valence-corrected chi connectivity index (χ3v) is 4.18. The zero-order valence-electron chi connectivity index (χ0n) is 10.2. The lowest BCUT2D eigenvalue weighted by atomic mass is 10.1. The van der Waals surface area contributed by atoms with Crippen LogP contribution in [0, 0.1) is 18.3 Å². The molecule has 1 aromatic heterocycles. The lowest BCUT2D eigenvalue weighted by Gasteiger charge is -2.06. The fourth-order valence-corrected chi connectivity index (χ4v) is 3.14. The largest absolute Gasteiger partial charge is 0.345 e. The number of hydrogen-bond donors (Lipinski definition) is 1. The lowest BCUT2D eigenvalue weighted by molar-refractivity contribution is 0.912. The van der Waals surface area contributed by atoms with Gasteiger partial charge in [0.15, 0.2) is 0 Å². The highest BCUT2D eigenvalue weighted by Crippen LogP contribution is 2.30. The van der Waals surface area contributed by atoms with Gasteiger partial charge in [0.2, 0.25) is 0 Å². The average molecular weight is 255 g/mol. The molecule has 0 fully saturated rings. The number of aromatic nitrogens is 1. The van der Waals surface area contributed by atoms with Crippen molar-refractivity contribution in [2.24, 2.45) is 0 Å². The van der Waals surface area contributed by atoms with Gasteiger partial charge in [-0.2, -0.15) is 9.64 Å². The molecule has 1 aromatic carbocycles. The predicted octanol–water partition coefficient (Wildman–Crippen LogP) is 3.56. The quantitative estimate of drug-likeness (QED) is 0.892. The number of hydrogen-bond acceptors (Lipinski definition) is 4. The van der Waals surface area contributed by atoms with Gasteiger partial charge in [-0.05, 0) is 61.0 Å². The maximum atomic E-state index is 9.10. The number of nitriles is 1. The summed E-state index contributed by atoms with van der Waals surface area (Å²) in [6.45, 7) is 1.86. The standard InChI is InChI=1S/C14H13N3S/c1-9-13(8-15)14(18-17-9)16-12-6-5-10-3-2-4-11(10)7-12/h5-7,16H,2-4H2,1H3. The molecule has 0 unspecified atom stereocenters. The molecular weight excluding hydrogens is 242 g/mol. The van der Waals surface area contributed by atoms with Crippen LogP contribution in [0.15, 0.2) is 18.2 Å². The van der Waals surface area contributed by atoms with Crippen molar-refractivity contribution in [1.82, 2.24) is 4.37 Å². The number of rotatable bonds is 2. The molecule has 2 aromatic rings. The van der Waals surface area contributed by atoms with E-state index in [1.807, 2.05) is 6.92 Å². The van der Waals surface area contributed by atoms with Gasteiger partial charge in [0.05, 0.1) is 5.69 Å². The maximum absolute atomic E-state index is 9.10. The molecule has 0 atom stereocenters. The summed E-state index contributed by atoms with van der Waals surface area (Å²) in [5.41, 5.74) is 5.39. The second-order valence-corrected chi connectivity index (χ2v) is 5.32. The Morgan fingerprint density at radius 1 is 1.33 bits per heavy atom. The van der Waals surface area contributed by atoms with E-state index in [9.17, 15) is 0 Å². The number of nitrogens with one attached hydrogen (secondary N) is 1. The van der Waals surface area contributed by atoms with Crippen molar-refractivity contribution in [2.45, 2.75) is 26.2 Å². The smallest absolute Gasteiger partial charge is 0.132 e. The van der Waals surface area contributed by atoms with Crippen LogP contribution in [0.4, 0.5) is 10.7 Å². The molecular formula is C14H13N3S. The van der Waals surface area contributed by atoms with E-state index in [4.69, 9.17) is 5.26 Å². The Kier molecular flexibility index (Phi) is 2.77. The van der Waals surface area contributed by atoms with E-state index >= 15 is 0 Å². The second kappa shape index (κ2) is 4.43. The topological polar surface area (TPSA) is 48.7 Å². The molecule has 0 spiro atoms. The maximum Gasteiger partial charge on any atom is 0.132 e. The van der Waals surface area contributed by atoms with Gasteiger partial charge >= 0.3 is 0 Å². The van der Waals surface area contributed by atoms with Crippen molar-refractivity contribution in [3.63, 3.8) is 0 Å². The molecule has 3 rings (SSSR count). The Hall–Kier alpha value is -1.86. The third-order valence-electron chi connectivity index (χ3n) is 3.33. The first-order chi connectivity index (χ1) is 8.78. The molecule has 1 N–H and O–H groups in total. The van der Waals surface area contributed by atoms with Crippen molar-refractivity contribution in [3.05, 3.63) is 40.6 Å². The van der Waals surface area contributed by atoms with Crippen LogP contribution in [0.3, 0.4) is 0 Å². The van der Waals surface area contributed by atoms with E-state index in [0.29, 0.717) is 5.56 Å². The van der Waals surface area contributed by atoms with Crippen molar-refractivity contribution >= 4 is 22.2 Å². The van der Waals surface area contributed by atoms with Crippen LogP contribution in [0.25, 0.3) is 0 Å². The van der Waals surface area contributed by atoms with E-state index in [1.54, 1.807) is 0 Å². The van der Waals surface area contributed by atoms with E-state index < -0.39 is 0 Å². The monoisotopic (exact) mass is 255 g/mol. The van der Waals surface area contributed by atoms with Gasteiger partial charge in [0.1, 0.15) is 16.6 Å². The summed E-state index contributed by atoms with van der Waals surface area (Å²) < 4.78 is 4.21. The Morgan fingerprint density at radius 3 is 3.00 bits per heavy atom. The number of aryl methyl sites for hydroxylation is 3. The van der Waals surface area contributed by atoms with Crippen molar-refractivity contribution < 1.29 is 0 Å². The summed E-state index contributed by atoms with van der Waals surface area (Å²) in [6.07, 6.45) is 3.61. The van der Waals surface area contributed by atoms with Crippen LogP contribution in [0.5, 0.6) is 0 Å². The van der Waals surface area contributed by atoms with Crippen molar-refractivity contribution in [1.29, 1.82) is 5.26 Å². The molecule has 18 heavy (non-hydrogen) atoms. The minimum atomic E-state index is 0.653. The molecule has 0 radical (unpaired) electrons. The Bertz CT molecular complexity index is 637. The fraction of sp³-hybridized carbons (Fsp3) is 0.286. The molecule has 1 aliphatic rings. The summed E-state index contributed by atoms with van der Waals surface area (Å²) in [4.78, 5) is 0. The summed E-state index contributed by atoms with van der Waals surface area (Å²) >= 11 is 1.35. The van der Waals surface area contributed by atoms with Gasteiger partial charge in [-0.25, -0.2) is 0 Å². The number of benzene rings is 1. The predicted molar refractivity (Wildman–Crippen MR) is 73.3 cm³/mol.